The molecule has 1 nitrogen and oxygen atoms in total. The van der Waals surface area contributed by atoms with Crippen molar-refractivity contribution in [2.24, 2.45) is 11.1 Å². The Balaban J connectivity index is 0.000000490. The first-order valence-electron chi connectivity index (χ1n) is 2.91. The summed E-state index contributed by atoms with van der Waals surface area (Å²) in [5, 5.41) is 0. The Hall–Kier alpha value is 0.250. The molecule has 1 fully saturated rings. The van der Waals surface area contributed by atoms with Crippen LogP contribution in [0.2, 0.25) is 0 Å². The minimum atomic E-state index is 0. The highest BCUT2D eigenvalue weighted by atomic mass is 35.5. The van der Waals surface area contributed by atoms with Crippen LogP contribution in [0.5, 0.6) is 0 Å². The van der Waals surface area contributed by atoms with Gasteiger partial charge in [0.15, 0.2) is 0 Å². The van der Waals surface area contributed by atoms with Gasteiger partial charge in [-0.3, -0.25) is 0 Å². The van der Waals surface area contributed by atoms with E-state index in [9.17, 15) is 0 Å². The molecule has 50 valence electrons. The van der Waals surface area contributed by atoms with E-state index in [0.29, 0.717) is 11.5 Å². The maximum atomic E-state index is 5.63. The van der Waals surface area contributed by atoms with Crippen molar-refractivity contribution in [3.8, 4) is 0 Å². The van der Waals surface area contributed by atoms with Crippen LogP contribution < -0.4 is 5.73 Å². The van der Waals surface area contributed by atoms with Gasteiger partial charge in [0.1, 0.15) is 0 Å². The minimum Gasteiger partial charge on any atom is -0.327 e. The van der Waals surface area contributed by atoms with Gasteiger partial charge in [-0.15, -0.1) is 12.4 Å². The molecule has 0 bridgehead atoms. The lowest BCUT2D eigenvalue weighted by Gasteiger charge is -2.10. The van der Waals surface area contributed by atoms with Crippen molar-refractivity contribution in [1.29, 1.82) is 0 Å². The first-order valence-corrected chi connectivity index (χ1v) is 2.91. The number of hydrogen-bond donors (Lipinski definition) is 1. The van der Waals surface area contributed by atoms with Crippen molar-refractivity contribution < 1.29 is 0 Å². The molecule has 0 aromatic rings. The molecule has 0 aromatic heterocycles. The molecule has 2 heteroatoms. The van der Waals surface area contributed by atoms with Crippen LogP contribution in [0.15, 0.2) is 0 Å². The molecule has 8 heavy (non-hydrogen) atoms. The Bertz CT molecular complexity index is 76.6. The van der Waals surface area contributed by atoms with Crippen molar-refractivity contribution in [3.63, 3.8) is 0 Å². The van der Waals surface area contributed by atoms with Crippen LogP contribution in [-0.2, 0) is 0 Å². The fourth-order valence-electron chi connectivity index (χ4n) is 0.653. The lowest BCUT2D eigenvalue weighted by atomic mass is 10.0. The molecule has 1 rings (SSSR count). The zero-order valence-corrected chi connectivity index (χ0v) is 6.29. The molecule has 0 heterocycles. The summed E-state index contributed by atoms with van der Waals surface area (Å²) < 4.78 is 0. The predicted molar refractivity (Wildman–Crippen MR) is 38.2 cm³/mol. The van der Waals surface area contributed by atoms with E-state index < -0.39 is 0 Å². The quantitative estimate of drug-likeness (QED) is 0.580. The van der Waals surface area contributed by atoms with E-state index >= 15 is 0 Å². The highest BCUT2D eigenvalue weighted by Crippen LogP contribution is 2.46. The highest BCUT2D eigenvalue weighted by molar-refractivity contribution is 5.85. The van der Waals surface area contributed by atoms with Gasteiger partial charge in [-0.2, -0.15) is 0 Å². The summed E-state index contributed by atoms with van der Waals surface area (Å²) in [6, 6.07) is 0.410. The second kappa shape index (κ2) is 2.24. The Morgan fingerprint density at radius 1 is 1.50 bits per heavy atom. The summed E-state index contributed by atoms with van der Waals surface area (Å²) in [6.45, 7) is 4.34. The molecule has 0 radical (unpaired) electrons. The zero-order chi connectivity index (χ0) is 5.49. The molecule has 2 N–H and O–H groups in total. The van der Waals surface area contributed by atoms with Crippen LogP contribution in [-0.4, -0.2) is 6.04 Å². The lowest BCUT2D eigenvalue weighted by molar-refractivity contribution is 0.465. The number of rotatable bonds is 1. The number of nitrogens with two attached hydrogens (primary N) is 1. The van der Waals surface area contributed by atoms with Gasteiger partial charge in [0, 0.05) is 6.04 Å². The molecule has 0 aliphatic heterocycles. The van der Waals surface area contributed by atoms with Gasteiger partial charge >= 0.3 is 0 Å². The van der Waals surface area contributed by atoms with Crippen molar-refractivity contribution >= 4 is 12.4 Å². The largest absolute Gasteiger partial charge is 0.327 e. The second-order valence-corrected chi connectivity index (χ2v) is 2.94. The van der Waals surface area contributed by atoms with Gasteiger partial charge < -0.3 is 5.73 Å². The monoisotopic (exact) mass is 135 g/mol. The Morgan fingerprint density at radius 3 is 1.88 bits per heavy atom. The summed E-state index contributed by atoms with van der Waals surface area (Å²) in [4.78, 5) is 0. The molecule has 1 atom stereocenters. The first-order chi connectivity index (χ1) is 3.15. The summed E-state index contributed by atoms with van der Waals surface area (Å²) in [5.74, 6) is 0. The average Bonchev–Trinajstić information content (AvgIpc) is 2.21. The summed E-state index contributed by atoms with van der Waals surface area (Å²) in [5.41, 5.74) is 6.16. The lowest BCUT2D eigenvalue weighted by Crippen LogP contribution is -2.25. The summed E-state index contributed by atoms with van der Waals surface area (Å²) in [7, 11) is 0. The molecule has 0 aromatic carbocycles. The predicted octanol–water partition coefficient (Wildman–Crippen LogP) is 1.56. The third kappa shape index (κ3) is 1.36. The molecule has 0 unspecified atom stereocenters. The van der Waals surface area contributed by atoms with Crippen molar-refractivity contribution in [3.05, 3.63) is 0 Å². The number of hydrogen-bond acceptors (Lipinski definition) is 1. The van der Waals surface area contributed by atoms with Gasteiger partial charge in [-0.25, -0.2) is 0 Å². The first kappa shape index (κ1) is 8.25. The molecule has 0 saturated heterocycles. The summed E-state index contributed by atoms with van der Waals surface area (Å²) in [6.07, 6.45) is 2.68. The van der Waals surface area contributed by atoms with Gasteiger partial charge in [0.25, 0.3) is 0 Å². The van der Waals surface area contributed by atoms with E-state index in [-0.39, 0.29) is 12.4 Å². The third-order valence-electron chi connectivity index (χ3n) is 2.14. The standard InChI is InChI=1S/C6H13N.ClH/c1-5(7)6(2)3-4-6;/h5H,3-4,7H2,1-2H3;1H/t5-;/m0./s1. The third-order valence-corrected chi connectivity index (χ3v) is 2.14. The Morgan fingerprint density at radius 2 is 1.88 bits per heavy atom. The molecule has 1 aliphatic rings. The van der Waals surface area contributed by atoms with Crippen molar-refractivity contribution in [2.75, 3.05) is 0 Å². The van der Waals surface area contributed by atoms with Crippen LogP contribution in [0.25, 0.3) is 0 Å². The molecule has 1 saturated carbocycles. The van der Waals surface area contributed by atoms with E-state index in [1.165, 1.54) is 12.8 Å². The average molecular weight is 136 g/mol. The van der Waals surface area contributed by atoms with Crippen LogP contribution in [0.4, 0.5) is 0 Å². The van der Waals surface area contributed by atoms with E-state index in [4.69, 9.17) is 5.73 Å². The summed E-state index contributed by atoms with van der Waals surface area (Å²) >= 11 is 0. The van der Waals surface area contributed by atoms with E-state index in [0.717, 1.165) is 0 Å². The molecule has 0 spiro atoms. The fraction of sp³-hybridized carbons (Fsp3) is 1.00. The molecular formula is C6H14ClN. The van der Waals surface area contributed by atoms with E-state index in [1.54, 1.807) is 0 Å². The maximum absolute atomic E-state index is 5.63. The van der Waals surface area contributed by atoms with Gasteiger partial charge in [-0.1, -0.05) is 6.92 Å². The highest BCUT2D eigenvalue weighted by Gasteiger charge is 2.40. The normalized spacial score (nSPS) is 25.9. The van der Waals surface area contributed by atoms with Crippen molar-refractivity contribution in [1.82, 2.24) is 0 Å². The minimum absolute atomic E-state index is 0. The molecular weight excluding hydrogens is 122 g/mol. The molecule has 0 amide bonds. The topological polar surface area (TPSA) is 26.0 Å². The SMILES string of the molecule is C[C@H](N)C1(C)CC1.Cl. The van der Waals surface area contributed by atoms with Gasteiger partial charge in [0.2, 0.25) is 0 Å². The Kier molecular flexibility index (Phi) is 2.31. The van der Waals surface area contributed by atoms with Crippen LogP contribution in [0, 0.1) is 5.41 Å². The molecule has 1 aliphatic carbocycles. The Labute approximate surface area is 57.1 Å². The van der Waals surface area contributed by atoms with E-state index in [1.807, 2.05) is 0 Å². The maximum Gasteiger partial charge on any atom is 0.00643 e. The van der Waals surface area contributed by atoms with Crippen LogP contribution in [0.3, 0.4) is 0 Å². The smallest absolute Gasteiger partial charge is 0.00643 e. The number of halogens is 1. The van der Waals surface area contributed by atoms with Crippen LogP contribution >= 0.6 is 12.4 Å². The van der Waals surface area contributed by atoms with E-state index in [2.05, 4.69) is 13.8 Å². The zero-order valence-electron chi connectivity index (χ0n) is 5.48. The van der Waals surface area contributed by atoms with Crippen molar-refractivity contribution in [2.45, 2.75) is 32.7 Å². The van der Waals surface area contributed by atoms with Crippen LogP contribution in [0.1, 0.15) is 26.7 Å². The fourth-order valence-corrected chi connectivity index (χ4v) is 0.653. The second-order valence-electron chi connectivity index (χ2n) is 2.94. The van der Waals surface area contributed by atoms with Gasteiger partial charge in [-0.05, 0) is 25.2 Å². The van der Waals surface area contributed by atoms with Gasteiger partial charge in [0.05, 0.1) is 0 Å².